The molecular weight excluding hydrogens is 656 g/mol. The number of halogens is 4. The van der Waals surface area contributed by atoms with Crippen LogP contribution in [-0.2, 0) is 22.1 Å². The number of Topliss-reactive ketones (excluding diaryl/α,β-unsaturated/α-hetero) is 1. The van der Waals surface area contributed by atoms with Crippen LogP contribution in [0.2, 0.25) is 0 Å². The van der Waals surface area contributed by atoms with Crippen molar-refractivity contribution in [2.24, 2.45) is 0 Å². The molecule has 2 heterocycles. The number of ether oxygens (including phenoxy) is 3. The minimum atomic E-state index is -5.29. The zero-order valence-corrected chi connectivity index (χ0v) is 27.8. The number of hydrogen-bond acceptors (Lipinski definition) is 8. The predicted octanol–water partition coefficient (Wildman–Crippen LogP) is 5.87. The van der Waals surface area contributed by atoms with Crippen LogP contribution in [0.15, 0.2) is 48.5 Å². The number of aromatic nitrogens is 1. The summed E-state index contributed by atoms with van der Waals surface area (Å²) < 4.78 is 91.2. The fraction of sp³-hybridized carbons (Fsp3) is 0.471. The molecule has 3 atom stereocenters. The molecule has 2 aromatic carbocycles. The Morgan fingerprint density at radius 1 is 1.10 bits per heavy atom. The van der Waals surface area contributed by atoms with Crippen molar-refractivity contribution in [1.29, 1.82) is 0 Å². The van der Waals surface area contributed by atoms with Gasteiger partial charge in [-0.15, -0.1) is 0 Å². The topological polar surface area (TPSA) is 127 Å². The zero-order valence-electron chi connectivity index (χ0n) is 26.9. The molecule has 260 valence electrons. The van der Waals surface area contributed by atoms with Crippen LogP contribution >= 0.6 is 0 Å². The molecule has 0 amide bonds. The average Bonchev–Trinajstić information content (AvgIpc) is 3.78. The van der Waals surface area contributed by atoms with E-state index >= 15 is 0 Å². The Morgan fingerprint density at radius 2 is 1.79 bits per heavy atom. The normalized spacial score (nSPS) is 19.6. The lowest BCUT2D eigenvalue weighted by atomic mass is 9.86. The number of rotatable bonds is 13. The van der Waals surface area contributed by atoms with Crippen LogP contribution in [0.25, 0.3) is 11.3 Å². The lowest BCUT2D eigenvalue weighted by Gasteiger charge is -2.32. The quantitative estimate of drug-likeness (QED) is 0.150. The van der Waals surface area contributed by atoms with Gasteiger partial charge in [-0.1, -0.05) is 0 Å². The van der Waals surface area contributed by atoms with E-state index < -0.39 is 63.2 Å². The van der Waals surface area contributed by atoms with Gasteiger partial charge in [0, 0.05) is 23.1 Å². The van der Waals surface area contributed by atoms with E-state index in [0.717, 1.165) is 31.0 Å². The van der Waals surface area contributed by atoms with Crippen LogP contribution in [0.4, 0.5) is 17.6 Å². The summed E-state index contributed by atoms with van der Waals surface area (Å²) in [7, 11) is -1.67. The Labute approximate surface area is 278 Å². The van der Waals surface area contributed by atoms with E-state index in [9.17, 15) is 36.8 Å². The first-order chi connectivity index (χ1) is 22.4. The minimum Gasteiger partial charge on any atom is -0.489 e. The first-order valence-electron chi connectivity index (χ1n) is 15.5. The summed E-state index contributed by atoms with van der Waals surface area (Å²) in [4.78, 5) is 17.5. The Balaban J connectivity index is 1.53. The molecule has 0 saturated heterocycles. The van der Waals surface area contributed by atoms with Gasteiger partial charge in [-0.05, 0) is 95.5 Å². The number of benzene rings is 2. The Kier molecular flexibility index (Phi) is 9.95. The summed E-state index contributed by atoms with van der Waals surface area (Å²) in [5, 5.41) is 20.7. The van der Waals surface area contributed by atoms with Crippen molar-refractivity contribution in [3.05, 3.63) is 71.2 Å². The molecule has 1 aliphatic heterocycles. The molecule has 48 heavy (non-hydrogen) atoms. The van der Waals surface area contributed by atoms with Crippen molar-refractivity contribution in [1.82, 2.24) is 9.71 Å². The Hall–Kier alpha value is -3.59. The highest BCUT2D eigenvalue weighted by Gasteiger charge is 2.57. The van der Waals surface area contributed by atoms with Crippen molar-refractivity contribution < 1.29 is 51.0 Å². The van der Waals surface area contributed by atoms with Gasteiger partial charge in [0.2, 0.25) is 5.60 Å². The molecule has 3 N–H and O–H groups in total. The summed E-state index contributed by atoms with van der Waals surface area (Å²) >= 11 is 0. The maximum absolute atomic E-state index is 14.9. The van der Waals surface area contributed by atoms with Crippen LogP contribution in [0.3, 0.4) is 0 Å². The number of hydrogen-bond donors (Lipinski definition) is 3. The third kappa shape index (κ3) is 7.51. The molecule has 14 heteroatoms. The number of aliphatic hydroxyl groups excluding tert-OH is 1. The fourth-order valence-electron chi connectivity index (χ4n) is 5.11. The molecule has 1 fully saturated rings. The molecule has 0 bridgehead atoms. The van der Waals surface area contributed by atoms with E-state index in [1.165, 1.54) is 30.3 Å². The number of ketones is 1. The summed E-state index contributed by atoms with van der Waals surface area (Å²) in [5.74, 6) is -0.690. The molecule has 1 aromatic heterocycles. The molecular formula is C34H38F4N2O7S. The molecule has 1 saturated carbocycles. The number of aliphatic hydroxyl groups is 2. The molecule has 3 aromatic rings. The summed E-state index contributed by atoms with van der Waals surface area (Å²) in [5.41, 5.74) is -5.35. The highest BCUT2D eigenvalue weighted by atomic mass is 32.2. The van der Waals surface area contributed by atoms with Gasteiger partial charge < -0.3 is 24.4 Å². The maximum atomic E-state index is 14.9. The summed E-state index contributed by atoms with van der Waals surface area (Å²) in [6.07, 6.45) is -5.40. The van der Waals surface area contributed by atoms with Crippen LogP contribution in [0.5, 0.6) is 17.2 Å². The highest BCUT2D eigenvalue weighted by molar-refractivity contribution is 7.84. The van der Waals surface area contributed by atoms with Gasteiger partial charge in [0.15, 0.2) is 23.0 Å². The lowest BCUT2D eigenvalue weighted by molar-refractivity contribution is -0.270. The Morgan fingerprint density at radius 3 is 2.40 bits per heavy atom. The second-order valence-electron chi connectivity index (χ2n) is 13.2. The van der Waals surface area contributed by atoms with E-state index in [1.54, 1.807) is 27.7 Å². The largest absolute Gasteiger partial charge is 0.489 e. The van der Waals surface area contributed by atoms with Crippen molar-refractivity contribution >= 4 is 16.8 Å². The maximum Gasteiger partial charge on any atom is 0.422 e. The average molecular weight is 695 g/mol. The first-order valence-corrected chi connectivity index (χ1v) is 16.6. The number of fused-ring (bicyclic) bond motifs is 1. The van der Waals surface area contributed by atoms with Gasteiger partial charge in [0.1, 0.15) is 24.7 Å². The monoisotopic (exact) mass is 694 g/mol. The van der Waals surface area contributed by atoms with Gasteiger partial charge in [0.25, 0.3) is 0 Å². The van der Waals surface area contributed by atoms with Crippen LogP contribution in [0, 0.1) is 5.82 Å². The van der Waals surface area contributed by atoms with Crippen molar-refractivity contribution in [2.75, 3.05) is 19.8 Å². The molecule has 1 unspecified atom stereocenters. The van der Waals surface area contributed by atoms with E-state index in [2.05, 4.69) is 9.71 Å². The summed E-state index contributed by atoms with van der Waals surface area (Å²) in [6, 6.07) is 10.2. The predicted molar refractivity (Wildman–Crippen MR) is 170 cm³/mol. The number of carbonyl (C=O) groups is 1. The zero-order chi connectivity index (χ0) is 35.1. The third-order valence-electron chi connectivity index (χ3n) is 8.10. The fourth-order valence-corrected chi connectivity index (χ4v) is 5.99. The number of pyridine rings is 1. The van der Waals surface area contributed by atoms with Crippen LogP contribution < -0.4 is 18.9 Å². The second kappa shape index (κ2) is 13.4. The number of carbonyl (C=O) groups excluding carboxylic acids is 1. The molecule has 5 rings (SSSR count). The number of nitrogens with one attached hydrogen (secondary N) is 1. The van der Waals surface area contributed by atoms with Crippen LogP contribution in [-0.4, -0.2) is 62.0 Å². The molecule has 9 nitrogen and oxygen atoms in total. The lowest BCUT2D eigenvalue weighted by Crippen LogP contribution is -2.47. The van der Waals surface area contributed by atoms with E-state index in [4.69, 9.17) is 14.2 Å². The SMILES string of the molecule is CC(C)(C)S(=O)N[C@]1(C)COc2c1cc([C@](O)(CCC(=O)c1ccc(OC3CC3)c(OCCO)c1)C(F)(F)F)nc2-c1ccc(F)cc1. The van der Waals surface area contributed by atoms with Crippen molar-refractivity contribution in [3.8, 4) is 28.5 Å². The minimum absolute atomic E-state index is 0.000329. The van der Waals surface area contributed by atoms with E-state index in [0.29, 0.717) is 5.75 Å². The van der Waals surface area contributed by atoms with Gasteiger partial charge in [0.05, 0.1) is 39.7 Å². The van der Waals surface area contributed by atoms with Gasteiger partial charge >= 0.3 is 6.18 Å². The van der Waals surface area contributed by atoms with Gasteiger partial charge in [-0.25, -0.2) is 18.3 Å². The molecule has 1 aliphatic carbocycles. The highest BCUT2D eigenvalue weighted by Crippen LogP contribution is 2.49. The standard InChI is InChI=1S/C34H38F4N2O7S/c1-31(2,3)48(44)40-32(4)19-46-30-24(32)18-28(39-29(30)20-5-8-22(35)9-6-20)33(43,34(36,37)38)14-13-25(42)21-7-12-26(47-23-10-11-23)27(17-21)45-16-15-41/h5-9,12,17-18,23,40-41,43H,10-11,13-16,19H2,1-4H3/t32-,33-,48?/m1/s1. The van der Waals surface area contributed by atoms with E-state index in [1.807, 2.05) is 0 Å². The number of nitrogens with zero attached hydrogens (tertiary/aromatic N) is 1. The first kappa shape index (κ1) is 35.7. The molecule has 2 aliphatic rings. The van der Waals surface area contributed by atoms with E-state index in [-0.39, 0.29) is 59.8 Å². The van der Waals surface area contributed by atoms with Gasteiger partial charge in [-0.3, -0.25) is 4.79 Å². The third-order valence-corrected chi connectivity index (χ3v) is 9.85. The van der Waals surface area contributed by atoms with Crippen LogP contribution in [0.1, 0.15) is 75.0 Å². The second-order valence-corrected chi connectivity index (χ2v) is 15.1. The smallest absolute Gasteiger partial charge is 0.422 e. The molecule has 0 radical (unpaired) electrons. The molecule has 0 spiro atoms. The number of alkyl halides is 3. The van der Waals surface area contributed by atoms with Crippen molar-refractivity contribution in [3.63, 3.8) is 0 Å². The Bertz CT molecular complexity index is 1690. The van der Waals surface area contributed by atoms with Gasteiger partial charge in [-0.2, -0.15) is 13.2 Å². The summed E-state index contributed by atoms with van der Waals surface area (Å²) in [6.45, 7) is 6.29. The van der Waals surface area contributed by atoms with Crippen molar-refractivity contribution in [2.45, 2.75) is 81.5 Å².